The molecule has 0 aromatic heterocycles. The second-order valence-electron chi connectivity index (χ2n) is 7.97. The van der Waals surface area contributed by atoms with Crippen LogP contribution in [0.2, 0.25) is 5.02 Å². The lowest BCUT2D eigenvalue weighted by Crippen LogP contribution is -2.47. The third-order valence-corrected chi connectivity index (χ3v) is 6.28. The molecule has 1 unspecified atom stereocenters. The maximum Gasteiger partial charge on any atom is 0.322 e. The molecule has 0 radical (unpaired) electrons. The van der Waals surface area contributed by atoms with Crippen molar-refractivity contribution in [2.45, 2.75) is 12.5 Å². The topological polar surface area (TPSA) is 79.9 Å². The van der Waals surface area contributed by atoms with Crippen LogP contribution < -0.4 is 20.1 Å². The first-order chi connectivity index (χ1) is 16.9. The summed E-state index contributed by atoms with van der Waals surface area (Å²) in [6.07, 6.45) is 0.551. The zero-order valence-electron chi connectivity index (χ0n) is 19.3. The molecule has 4 rings (SSSR count). The van der Waals surface area contributed by atoms with Gasteiger partial charge in [-0.25, -0.2) is 9.18 Å². The Bertz CT molecular complexity index is 1250. The molecule has 0 fully saturated rings. The molecule has 1 atom stereocenters. The minimum absolute atomic E-state index is 0.0782. The van der Waals surface area contributed by atoms with E-state index < -0.39 is 17.9 Å². The van der Waals surface area contributed by atoms with Gasteiger partial charge in [0.15, 0.2) is 11.5 Å². The highest BCUT2D eigenvalue weighted by atomic mass is 35.5. The fraction of sp³-hybridized carbons (Fsp3) is 0.231. The second kappa shape index (κ2) is 10.7. The Balaban J connectivity index is 1.65. The SMILES string of the molecule is COc1cc2c(cc1OC)C(CNC(=O)c1ccccc1Cl)N(C(=O)Nc1ccccc1F)CC2. The fourth-order valence-corrected chi connectivity index (χ4v) is 4.39. The minimum atomic E-state index is -0.545. The molecule has 9 heteroatoms. The Morgan fingerprint density at radius 3 is 2.46 bits per heavy atom. The van der Waals surface area contributed by atoms with Crippen molar-refractivity contribution in [3.05, 3.63) is 88.2 Å². The molecule has 3 aromatic rings. The van der Waals surface area contributed by atoms with Gasteiger partial charge in [0.05, 0.1) is 36.5 Å². The van der Waals surface area contributed by atoms with Crippen LogP contribution in [0.1, 0.15) is 27.5 Å². The zero-order chi connectivity index (χ0) is 24.9. The van der Waals surface area contributed by atoms with Crippen LogP contribution in [-0.2, 0) is 6.42 Å². The molecule has 7 nitrogen and oxygen atoms in total. The van der Waals surface area contributed by atoms with Crippen LogP contribution >= 0.6 is 11.6 Å². The number of carbonyl (C=O) groups is 2. The average molecular weight is 498 g/mol. The van der Waals surface area contributed by atoms with Crippen LogP contribution in [-0.4, -0.2) is 44.1 Å². The maximum absolute atomic E-state index is 14.2. The number of hydrogen-bond donors (Lipinski definition) is 2. The number of para-hydroxylation sites is 1. The number of nitrogens with zero attached hydrogens (tertiary/aromatic N) is 1. The van der Waals surface area contributed by atoms with E-state index in [1.807, 2.05) is 12.1 Å². The number of urea groups is 1. The van der Waals surface area contributed by atoms with Crippen LogP contribution in [0.25, 0.3) is 0 Å². The molecule has 0 spiro atoms. The van der Waals surface area contributed by atoms with E-state index in [1.54, 1.807) is 48.4 Å². The third-order valence-electron chi connectivity index (χ3n) is 5.95. The van der Waals surface area contributed by atoms with Crippen LogP contribution in [0.4, 0.5) is 14.9 Å². The van der Waals surface area contributed by atoms with Gasteiger partial charge in [-0.15, -0.1) is 0 Å². The van der Waals surface area contributed by atoms with Crippen LogP contribution in [0.3, 0.4) is 0 Å². The summed E-state index contributed by atoms with van der Waals surface area (Å²) in [5.74, 6) is 0.185. The number of benzene rings is 3. The molecule has 3 amide bonds. The number of halogens is 2. The highest BCUT2D eigenvalue weighted by Gasteiger charge is 2.33. The van der Waals surface area contributed by atoms with Crippen molar-refractivity contribution in [1.82, 2.24) is 10.2 Å². The molecule has 1 aliphatic heterocycles. The molecule has 35 heavy (non-hydrogen) atoms. The third kappa shape index (κ3) is 5.17. The van der Waals surface area contributed by atoms with E-state index >= 15 is 0 Å². The van der Waals surface area contributed by atoms with Crippen LogP contribution in [0, 0.1) is 5.82 Å². The van der Waals surface area contributed by atoms with Gasteiger partial charge in [0.25, 0.3) is 5.91 Å². The molecular weight excluding hydrogens is 473 g/mol. The van der Waals surface area contributed by atoms with Crippen molar-refractivity contribution in [3.63, 3.8) is 0 Å². The smallest absolute Gasteiger partial charge is 0.322 e. The number of rotatable bonds is 6. The summed E-state index contributed by atoms with van der Waals surface area (Å²) in [5.41, 5.74) is 2.18. The molecule has 3 aromatic carbocycles. The number of nitrogens with one attached hydrogen (secondary N) is 2. The van der Waals surface area contributed by atoms with Crippen molar-refractivity contribution in [2.75, 3.05) is 32.6 Å². The Morgan fingerprint density at radius 1 is 1.06 bits per heavy atom. The minimum Gasteiger partial charge on any atom is -0.493 e. The fourth-order valence-electron chi connectivity index (χ4n) is 4.17. The van der Waals surface area contributed by atoms with Crippen LogP contribution in [0.5, 0.6) is 11.5 Å². The Kier molecular flexibility index (Phi) is 7.41. The first-order valence-corrected chi connectivity index (χ1v) is 11.4. The molecule has 1 aliphatic rings. The van der Waals surface area contributed by atoms with E-state index in [-0.39, 0.29) is 18.1 Å². The molecular formula is C26H25ClFN3O4. The average Bonchev–Trinajstić information content (AvgIpc) is 2.87. The van der Waals surface area contributed by atoms with E-state index in [1.165, 1.54) is 19.2 Å². The van der Waals surface area contributed by atoms with Crippen LogP contribution in [0.15, 0.2) is 60.7 Å². The van der Waals surface area contributed by atoms with Gasteiger partial charge in [-0.1, -0.05) is 35.9 Å². The van der Waals surface area contributed by atoms with E-state index in [0.29, 0.717) is 35.1 Å². The summed E-state index contributed by atoms with van der Waals surface area (Å²) in [6, 6.07) is 15.4. The van der Waals surface area contributed by atoms with E-state index in [9.17, 15) is 14.0 Å². The van der Waals surface area contributed by atoms with Gasteiger partial charge in [0, 0.05) is 13.1 Å². The molecule has 182 valence electrons. The number of carbonyl (C=O) groups excluding carboxylic acids is 2. The number of methoxy groups -OCH3 is 2. The number of ether oxygens (including phenoxy) is 2. The summed E-state index contributed by atoms with van der Waals surface area (Å²) in [6.45, 7) is 0.465. The van der Waals surface area contributed by atoms with Gasteiger partial charge >= 0.3 is 6.03 Å². The van der Waals surface area contributed by atoms with Crippen molar-refractivity contribution < 1.29 is 23.5 Å². The lowest BCUT2D eigenvalue weighted by molar-refractivity contribution is 0.0936. The number of anilines is 1. The predicted octanol–water partition coefficient (Wildman–Crippen LogP) is 5.06. The molecule has 0 bridgehead atoms. The molecule has 0 aliphatic carbocycles. The standard InChI is InChI=1S/C26H25ClFN3O4/c1-34-23-13-16-11-12-31(26(33)30-21-10-6-5-9-20(21)28)22(18(16)14-24(23)35-2)15-29-25(32)17-7-3-4-8-19(17)27/h3-10,13-14,22H,11-12,15H2,1-2H3,(H,29,32)(H,30,33). The van der Waals surface area contributed by atoms with Crippen molar-refractivity contribution in [3.8, 4) is 11.5 Å². The van der Waals surface area contributed by atoms with Crippen molar-refractivity contribution >= 4 is 29.2 Å². The summed E-state index contributed by atoms with van der Waals surface area (Å²) in [4.78, 5) is 27.7. The monoisotopic (exact) mass is 497 g/mol. The Morgan fingerprint density at radius 2 is 1.74 bits per heavy atom. The summed E-state index contributed by atoms with van der Waals surface area (Å²) in [5, 5.41) is 5.86. The highest BCUT2D eigenvalue weighted by molar-refractivity contribution is 6.33. The largest absolute Gasteiger partial charge is 0.493 e. The van der Waals surface area contributed by atoms with Gasteiger partial charge in [0.2, 0.25) is 0 Å². The summed E-state index contributed by atoms with van der Waals surface area (Å²) < 4.78 is 25.1. The normalized spacial score (nSPS) is 14.6. The van der Waals surface area contributed by atoms with Crippen molar-refractivity contribution in [1.29, 1.82) is 0 Å². The van der Waals surface area contributed by atoms with E-state index in [2.05, 4.69) is 10.6 Å². The number of hydrogen-bond acceptors (Lipinski definition) is 4. The van der Waals surface area contributed by atoms with Gasteiger partial charge in [-0.3, -0.25) is 4.79 Å². The van der Waals surface area contributed by atoms with Gasteiger partial charge in [0.1, 0.15) is 5.82 Å². The molecule has 1 heterocycles. The Hall–Kier alpha value is -3.78. The van der Waals surface area contributed by atoms with Gasteiger partial charge in [-0.2, -0.15) is 0 Å². The second-order valence-corrected chi connectivity index (χ2v) is 8.37. The molecule has 0 saturated carbocycles. The molecule has 2 N–H and O–H groups in total. The summed E-state index contributed by atoms with van der Waals surface area (Å²) in [7, 11) is 3.09. The predicted molar refractivity (Wildman–Crippen MR) is 132 cm³/mol. The summed E-state index contributed by atoms with van der Waals surface area (Å²) >= 11 is 6.18. The number of fused-ring (bicyclic) bond motifs is 1. The van der Waals surface area contributed by atoms with Crippen molar-refractivity contribution in [2.24, 2.45) is 0 Å². The lowest BCUT2D eigenvalue weighted by atomic mass is 9.91. The lowest BCUT2D eigenvalue weighted by Gasteiger charge is -2.38. The van der Waals surface area contributed by atoms with Gasteiger partial charge < -0.3 is 25.0 Å². The maximum atomic E-state index is 14.2. The van der Waals surface area contributed by atoms with Gasteiger partial charge in [-0.05, 0) is 53.9 Å². The molecule has 0 saturated heterocycles. The van der Waals surface area contributed by atoms with E-state index in [0.717, 1.165) is 11.1 Å². The Labute approximate surface area is 207 Å². The quantitative estimate of drug-likeness (QED) is 0.499. The van der Waals surface area contributed by atoms with E-state index in [4.69, 9.17) is 21.1 Å². The number of amides is 3. The first kappa shape index (κ1) is 24.3. The first-order valence-electron chi connectivity index (χ1n) is 11.0. The zero-order valence-corrected chi connectivity index (χ0v) is 20.1. The highest BCUT2D eigenvalue weighted by Crippen LogP contribution is 2.38.